The van der Waals surface area contributed by atoms with Crippen molar-refractivity contribution in [3.05, 3.63) is 24.3 Å². The van der Waals surface area contributed by atoms with Crippen molar-refractivity contribution in [2.45, 2.75) is 37.9 Å². The van der Waals surface area contributed by atoms with Crippen molar-refractivity contribution in [1.29, 1.82) is 0 Å². The van der Waals surface area contributed by atoms with Crippen LogP contribution in [-0.2, 0) is 0 Å². The van der Waals surface area contributed by atoms with Crippen molar-refractivity contribution in [2.24, 2.45) is 0 Å². The lowest BCUT2D eigenvalue weighted by molar-refractivity contribution is 0.0537. The summed E-state index contributed by atoms with van der Waals surface area (Å²) in [5.74, 6) is 0.898. The van der Waals surface area contributed by atoms with Crippen LogP contribution in [0.15, 0.2) is 24.3 Å². The molecular formula is C14H21NO2. The van der Waals surface area contributed by atoms with Crippen molar-refractivity contribution in [1.82, 2.24) is 0 Å². The first-order valence-corrected chi connectivity index (χ1v) is 6.27. The third-order valence-electron chi connectivity index (χ3n) is 3.24. The van der Waals surface area contributed by atoms with E-state index in [1.54, 1.807) is 0 Å². The molecule has 0 aromatic heterocycles. The topological polar surface area (TPSA) is 32.7 Å². The van der Waals surface area contributed by atoms with E-state index in [-0.39, 0.29) is 12.2 Å². The van der Waals surface area contributed by atoms with Crippen LogP contribution in [0.2, 0.25) is 0 Å². The third kappa shape index (κ3) is 3.37. The molecule has 2 atom stereocenters. The smallest absolute Gasteiger partial charge is 0.121 e. The van der Waals surface area contributed by atoms with Crippen molar-refractivity contribution < 1.29 is 9.84 Å². The maximum atomic E-state index is 9.61. The molecule has 0 amide bonds. The van der Waals surface area contributed by atoms with Gasteiger partial charge in [-0.2, -0.15) is 0 Å². The highest BCUT2D eigenvalue weighted by molar-refractivity contribution is 5.49. The Morgan fingerprint density at radius 2 is 2.12 bits per heavy atom. The second kappa shape index (κ2) is 5.41. The summed E-state index contributed by atoms with van der Waals surface area (Å²) in [7, 11) is 4.03. The Morgan fingerprint density at radius 1 is 1.29 bits per heavy atom. The van der Waals surface area contributed by atoms with Crippen LogP contribution in [-0.4, -0.2) is 31.4 Å². The molecule has 1 aliphatic carbocycles. The number of rotatable bonds is 3. The van der Waals surface area contributed by atoms with Crippen LogP contribution in [0.5, 0.6) is 5.75 Å². The maximum Gasteiger partial charge on any atom is 0.121 e. The van der Waals surface area contributed by atoms with Gasteiger partial charge in [0.25, 0.3) is 0 Å². The number of hydrogen-bond acceptors (Lipinski definition) is 3. The second-order valence-corrected chi connectivity index (χ2v) is 4.95. The summed E-state index contributed by atoms with van der Waals surface area (Å²) >= 11 is 0. The molecule has 3 nitrogen and oxygen atoms in total. The fourth-order valence-electron chi connectivity index (χ4n) is 2.25. The Morgan fingerprint density at radius 3 is 2.82 bits per heavy atom. The Balaban J connectivity index is 2.00. The Hall–Kier alpha value is -1.22. The standard InChI is InChI=1S/C14H21NO2/c1-15(2)11-5-3-7-13(9-11)17-14-8-4-6-12(16)10-14/h3,5,7,9,12,14,16H,4,6,8,10H2,1-2H3. The van der Waals surface area contributed by atoms with Crippen LogP contribution in [0.1, 0.15) is 25.7 Å². The normalized spacial score (nSPS) is 24.4. The highest BCUT2D eigenvalue weighted by atomic mass is 16.5. The van der Waals surface area contributed by atoms with Gasteiger partial charge in [0.2, 0.25) is 0 Å². The van der Waals surface area contributed by atoms with Crippen molar-refractivity contribution >= 4 is 5.69 Å². The van der Waals surface area contributed by atoms with E-state index in [1.807, 2.05) is 32.3 Å². The molecule has 0 spiro atoms. The average Bonchev–Trinajstić information content (AvgIpc) is 2.29. The molecule has 1 saturated carbocycles. The zero-order valence-electron chi connectivity index (χ0n) is 10.6. The summed E-state index contributed by atoms with van der Waals surface area (Å²) < 4.78 is 5.93. The van der Waals surface area contributed by atoms with E-state index in [4.69, 9.17) is 4.74 Å². The van der Waals surface area contributed by atoms with Crippen LogP contribution in [0.4, 0.5) is 5.69 Å². The predicted octanol–water partition coefficient (Wildman–Crippen LogP) is 2.43. The fourth-order valence-corrected chi connectivity index (χ4v) is 2.25. The molecule has 1 aromatic rings. The lowest BCUT2D eigenvalue weighted by atomic mass is 9.95. The third-order valence-corrected chi connectivity index (χ3v) is 3.24. The van der Waals surface area contributed by atoms with Crippen LogP contribution >= 0.6 is 0 Å². The monoisotopic (exact) mass is 235 g/mol. The van der Waals surface area contributed by atoms with E-state index in [9.17, 15) is 5.11 Å². The Labute approximate surface area is 103 Å². The highest BCUT2D eigenvalue weighted by Gasteiger charge is 2.21. The van der Waals surface area contributed by atoms with E-state index in [1.165, 1.54) is 0 Å². The molecule has 3 heteroatoms. The van der Waals surface area contributed by atoms with E-state index >= 15 is 0 Å². The van der Waals surface area contributed by atoms with Crippen molar-refractivity contribution in [2.75, 3.05) is 19.0 Å². The largest absolute Gasteiger partial charge is 0.490 e. The van der Waals surface area contributed by atoms with Gasteiger partial charge in [-0.15, -0.1) is 0 Å². The quantitative estimate of drug-likeness (QED) is 0.873. The molecular weight excluding hydrogens is 214 g/mol. The number of aliphatic hydroxyl groups excluding tert-OH is 1. The summed E-state index contributed by atoms with van der Waals surface area (Å²) in [6.07, 6.45) is 3.74. The van der Waals surface area contributed by atoms with Crippen molar-refractivity contribution in [3.8, 4) is 5.75 Å². The van der Waals surface area contributed by atoms with Gasteiger partial charge in [0, 0.05) is 32.3 Å². The van der Waals surface area contributed by atoms with E-state index < -0.39 is 0 Å². The SMILES string of the molecule is CN(C)c1cccc(OC2CCCC(O)C2)c1. The Kier molecular flexibility index (Phi) is 3.89. The van der Waals surface area contributed by atoms with Gasteiger partial charge in [0.15, 0.2) is 0 Å². The van der Waals surface area contributed by atoms with Gasteiger partial charge in [0.1, 0.15) is 11.9 Å². The summed E-state index contributed by atoms with van der Waals surface area (Å²) in [5.41, 5.74) is 1.14. The number of aliphatic hydroxyl groups is 1. The molecule has 2 rings (SSSR count). The average molecular weight is 235 g/mol. The van der Waals surface area contributed by atoms with Crippen LogP contribution in [0, 0.1) is 0 Å². The minimum absolute atomic E-state index is 0.163. The van der Waals surface area contributed by atoms with Gasteiger partial charge < -0.3 is 14.7 Å². The first kappa shape index (κ1) is 12.2. The number of ether oxygens (including phenoxy) is 1. The van der Waals surface area contributed by atoms with Gasteiger partial charge in [-0.1, -0.05) is 6.07 Å². The van der Waals surface area contributed by atoms with Gasteiger partial charge >= 0.3 is 0 Å². The maximum absolute atomic E-state index is 9.61. The van der Waals surface area contributed by atoms with Crippen LogP contribution in [0.3, 0.4) is 0 Å². The molecule has 0 saturated heterocycles. The van der Waals surface area contributed by atoms with Gasteiger partial charge in [0.05, 0.1) is 6.10 Å². The highest BCUT2D eigenvalue weighted by Crippen LogP contribution is 2.26. The van der Waals surface area contributed by atoms with Crippen LogP contribution < -0.4 is 9.64 Å². The van der Waals surface area contributed by atoms with E-state index in [0.717, 1.165) is 37.1 Å². The number of anilines is 1. The summed E-state index contributed by atoms with van der Waals surface area (Å²) in [6.45, 7) is 0. The minimum atomic E-state index is -0.189. The molecule has 2 unspecified atom stereocenters. The van der Waals surface area contributed by atoms with Crippen molar-refractivity contribution in [3.63, 3.8) is 0 Å². The second-order valence-electron chi connectivity index (χ2n) is 4.95. The van der Waals surface area contributed by atoms with Crippen LogP contribution in [0.25, 0.3) is 0 Å². The molecule has 94 valence electrons. The molecule has 17 heavy (non-hydrogen) atoms. The van der Waals surface area contributed by atoms with Gasteiger partial charge in [-0.05, 0) is 31.4 Å². The minimum Gasteiger partial charge on any atom is -0.490 e. The molecule has 1 N–H and O–H groups in total. The first-order valence-electron chi connectivity index (χ1n) is 6.27. The summed E-state index contributed by atoms with van der Waals surface area (Å²) in [6, 6.07) is 8.08. The zero-order chi connectivity index (χ0) is 12.3. The lowest BCUT2D eigenvalue weighted by Crippen LogP contribution is -2.28. The summed E-state index contributed by atoms with van der Waals surface area (Å²) in [5, 5.41) is 9.61. The fraction of sp³-hybridized carbons (Fsp3) is 0.571. The number of hydrogen-bond donors (Lipinski definition) is 1. The van der Waals surface area contributed by atoms with Gasteiger partial charge in [-0.25, -0.2) is 0 Å². The zero-order valence-corrected chi connectivity index (χ0v) is 10.6. The molecule has 1 fully saturated rings. The molecule has 1 aliphatic rings. The van der Waals surface area contributed by atoms with E-state index in [0.29, 0.717) is 0 Å². The molecule has 0 radical (unpaired) electrons. The molecule has 0 heterocycles. The number of benzene rings is 1. The number of nitrogens with zero attached hydrogens (tertiary/aromatic N) is 1. The van der Waals surface area contributed by atoms with Gasteiger partial charge in [-0.3, -0.25) is 0 Å². The molecule has 1 aromatic carbocycles. The molecule has 0 bridgehead atoms. The predicted molar refractivity (Wildman–Crippen MR) is 69.7 cm³/mol. The lowest BCUT2D eigenvalue weighted by Gasteiger charge is -2.27. The first-order chi connectivity index (χ1) is 8.15. The molecule has 0 aliphatic heterocycles. The van der Waals surface area contributed by atoms with E-state index in [2.05, 4.69) is 11.0 Å². The summed E-state index contributed by atoms with van der Waals surface area (Å²) in [4.78, 5) is 2.06. The Bertz CT molecular complexity index is 365.